The van der Waals surface area contributed by atoms with Crippen LogP contribution in [0, 0.1) is 17.6 Å². The lowest BCUT2D eigenvalue weighted by molar-refractivity contribution is 0.261. The van der Waals surface area contributed by atoms with Crippen molar-refractivity contribution in [1.82, 2.24) is 28.5 Å². The molecule has 0 N–H and O–H groups in total. The van der Waals surface area contributed by atoms with Crippen molar-refractivity contribution in [3.05, 3.63) is 70.2 Å². The molecule has 0 atom stereocenters. The Morgan fingerprint density at radius 2 is 1.23 bits per heavy atom. The average Bonchev–Trinajstić information content (AvgIpc) is 3.65. The molecule has 0 radical (unpaired) electrons. The summed E-state index contributed by atoms with van der Waals surface area (Å²) in [5, 5.41) is 7.44. The van der Waals surface area contributed by atoms with E-state index in [1.807, 2.05) is 12.1 Å². The molecule has 2 saturated carbocycles. The fourth-order valence-electron chi connectivity index (χ4n) is 7.72. The average molecular weight is 783 g/mol. The fourth-order valence-corrected chi connectivity index (χ4v) is 9.28. The standard InChI is InChI=1S/C38H49ClF2N10S2/c39-31-11-8-28(9-12-31)14-16-46-18-24-49(25-19-46)38-43-36(45-53-38)51(32-4-2-1-3-5-32)50(27-30-6-7-30)35-42-37(52-44-35)48-22-20-47(21-23-48)17-15-29-10-13-33(40)34(41)26-29/h8-13,26,30,32H,1-7,14-25,27H2. The summed E-state index contributed by atoms with van der Waals surface area (Å²) >= 11 is 9.08. The Balaban J connectivity index is 0.919. The number of hydrazine groups is 1. The molecule has 2 aromatic carbocycles. The number of nitrogens with zero attached hydrogens (tertiary/aromatic N) is 10. The Kier molecular flexibility index (Phi) is 11.9. The second-order valence-electron chi connectivity index (χ2n) is 14.9. The lowest BCUT2D eigenvalue weighted by atomic mass is 9.95. The van der Waals surface area contributed by atoms with Gasteiger partial charge in [0.2, 0.25) is 10.3 Å². The second kappa shape index (κ2) is 17.1. The number of halogens is 3. The molecule has 284 valence electrons. The van der Waals surface area contributed by atoms with Crippen molar-refractivity contribution >= 4 is 56.8 Å². The van der Waals surface area contributed by atoms with Crippen molar-refractivity contribution in [3.8, 4) is 0 Å². The predicted molar refractivity (Wildman–Crippen MR) is 212 cm³/mol. The molecule has 2 aliphatic heterocycles. The predicted octanol–water partition coefficient (Wildman–Crippen LogP) is 7.02. The Morgan fingerprint density at radius 1 is 0.660 bits per heavy atom. The second-order valence-corrected chi connectivity index (χ2v) is 16.8. The van der Waals surface area contributed by atoms with Crippen molar-refractivity contribution in [2.24, 2.45) is 5.92 Å². The summed E-state index contributed by atoms with van der Waals surface area (Å²) in [6.45, 7) is 10.1. The SMILES string of the molecule is Fc1ccc(CCN2CCN(c3nc(N(CC4CC4)N(c4nsc(N5CCN(CCc6ccc(Cl)cc6)CC5)n4)C4CCCCC4)ns3)CC2)cc1F. The van der Waals surface area contributed by atoms with Gasteiger partial charge in [-0.15, -0.1) is 8.75 Å². The zero-order valence-electron chi connectivity index (χ0n) is 30.3. The van der Waals surface area contributed by atoms with Crippen LogP contribution in [0.25, 0.3) is 0 Å². The summed E-state index contributed by atoms with van der Waals surface area (Å²) in [7, 11) is 0. The van der Waals surface area contributed by atoms with Gasteiger partial charge in [0.05, 0.1) is 6.04 Å². The van der Waals surface area contributed by atoms with Gasteiger partial charge in [0, 0.05) is 100 Å². The summed E-state index contributed by atoms with van der Waals surface area (Å²) in [5.74, 6) is 0.600. The molecule has 2 aliphatic carbocycles. The van der Waals surface area contributed by atoms with Crippen LogP contribution in [0.1, 0.15) is 56.1 Å². The van der Waals surface area contributed by atoms with Gasteiger partial charge in [-0.25, -0.2) is 18.8 Å². The van der Waals surface area contributed by atoms with Crippen LogP contribution in [-0.4, -0.2) is 107 Å². The largest absolute Gasteiger partial charge is 0.344 e. The molecule has 4 fully saturated rings. The van der Waals surface area contributed by atoms with E-state index in [-0.39, 0.29) is 0 Å². The van der Waals surface area contributed by atoms with Gasteiger partial charge in [0.1, 0.15) is 0 Å². The molecule has 0 spiro atoms. The number of rotatable bonds is 14. The van der Waals surface area contributed by atoms with Crippen LogP contribution in [0.15, 0.2) is 42.5 Å². The molecule has 0 unspecified atom stereocenters. The molecule has 15 heteroatoms. The maximum absolute atomic E-state index is 13.7. The highest BCUT2D eigenvalue weighted by Gasteiger charge is 2.37. The van der Waals surface area contributed by atoms with Crippen LogP contribution in [-0.2, 0) is 12.8 Å². The zero-order chi connectivity index (χ0) is 36.1. The summed E-state index contributed by atoms with van der Waals surface area (Å²) < 4.78 is 37.1. The highest BCUT2D eigenvalue weighted by molar-refractivity contribution is 7.10. The van der Waals surface area contributed by atoms with Crippen molar-refractivity contribution in [1.29, 1.82) is 0 Å². The van der Waals surface area contributed by atoms with Crippen LogP contribution in [0.5, 0.6) is 0 Å². The molecule has 4 aromatic rings. The Morgan fingerprint density at radius 3 is 1.83 bits per heavy atom. The van der Waals surface area contributed by atoms with E-state index < -0.39 is 11.6 Å². The number of piperazine rings is 2. The molecular weight excluding hydrogens is 734 g/mol. The van der Waals surface area contributed by atoms with Gasteiger partial charge in [0.25, 0.3) is 11.9 Å². The van der Waals surface area contributed by atoms with Gasteiger partial charge in [-0.1, -0.05) is 49.1 Å². The maximum atomic E-state index is 13.7. The molecule has 0 bridgehead atoms. The van der Waals surface area contributed by atoms with Crippen LogP contribution in [0.3, 0.4) is 0 Å². The first-order valence-corrected chi connectivity index (χ1v) is 21.2. The number of hydrogen-bond acceptors (Lipinski definition) is 12. The van der Waals surface area contributed by atoms with Crippen molar-refractivity contribution in [3.63, 3.8) is 0 Å². The van der Waals surface area contributed by atoms with Crippen molar-refractivity contribution in [2.75, 3.05) is 91.8 Å². The first-order chi connectivity index (χ1) is 25.9. The minimum atomic E-state index is -0.796. The van der Waals surface area contributed by atoms with Gasteiger partial charge >= 0.3 is 0 Å². The highest BCUT2D eigenvalue weighted by atomic mass is 35.5. The first-order valence-electron chi connectivity index (χ1n) is 19.3. The first kappa shape index (κ1) is 36.8. The summed E-state index contributed by atoms with van der Waals surface area (Å²) in [4.78, 5) is 20.1. The molecule has 0 amide bonds. The summed E-state index contributed by atoms with van der Waals surface area (Å²) in [6.07, 6.45) is 10.1. The van der Waals surface area contributed by atoms with Crippen molar-refractivity contribution < 1.29 is 8.78 Å². The summed E-state index contributed by atoms with van der Waals surface area (Å²) in [6, 6.07) is 12.7. The van der Waals surface area contributed by atoms with Crippen LogP contribution in [0.4, 0.5) is 30.9 Å². The van der Waals surface area contributed by atoms with E-state index in [1.54, 1.807) is 6.07 Å². The smallest absolute Gasteiger partial charge is 0.258 e. The van der Waals surface area contributed by atoms with Gasteiger partial charge in [-0.05, 0) is 79.8 Å². The fraction of sp³-hybridized carbons (Fsp3) is 0.579. The third-order valence-electron chi connectivity index (χ3n) is 11.2. The van der Waals surface area contributed by atoms with Gasteiger partial charge in [-0.2, -0.15) is 9.97 Å². The third kappa shape index (κ3) is 9.38. The molecule has 2 aromatic heterocycles. The van der Waals surface area contributed by atoms with Crippen molar-refractivity contribution in [2.45, 2.75) is 63.8 Å². The van der Waals surface area contributed by atoms with Crippen LogP contribution < -0.4 is 19.8 Å². The minimum Gasteiger partial charge on any atom is -0.344 e. The van der Waals surface area contributed by atoms with E-state index >= 15 is 0 Å². The minimum absolute atomic E-state index is 0.319. The maximum Gasteiger partial charge on any atom is 0.258 e. The van der Waals surface area contributed by atoms with Gasteiger partial charge in [0.15, 0.2) is 11.6 Å². The topological polar surface area (TPSA) is 71.0 Å². The van der Waals surface area contributed by atoms with Crippen LogP contribution in [0.2, 0.25) is 5.02 Å². The molecular formula is C38H49ClF2N10S2. The molecule has 53 heavy (non-hydrogen) atoms. The number of benzene rings is 2. The molecule has 2 saturated heterocycles. The lowest BCUT2D eigenvalue weighted by Crippen LogP contribution is -2.52. The molecule has 4 heterocycles. The highest BCUT2D eigenvalue weighted by Crippen LogP contribution is 2.37. The monoisotopic (exact) mass is 782 g/mol. The number of aromatic nitrogens is 4. The Hall–Kier alpha value is -3.17. The third-order valence-corrected chi connectivity index (χ3v) is 13.0. The zero-order valence-corrected chi connectivity index (χ0v) is 32.6. The normalized spacial score (nSPS) is 19.2. The molecule has 8 rings (SSSR count). The van der Waals surface area contributed by atoms with E-state index in [0.29, 0.717) is 18.4 Å². The molecule has 4 aliphatic rings. The van der Waals surface area contributed by atoms with E-state index in [2.05, 4.69) is 41.8 Å². The Labute approximate surface area is 324 Å². The number of hydrogen-bond donors (Lipinski definition) is 0. The quantitative estimate of drug-likeness (QED) is 0.125. The van der Waals surface area contributed by atoms with E-state index in [4.69, 9.17) is 30.3 Å². The Bertz CT molecular complexity index is 1770. The molecule has 10 nitrogen and oxygen atoms in total. The van der Waals surface area contributed by atoms with Gasteiger partial charge < -0.3 is 9.80 Å². The van der Waals surface area contributed by atoms with E-state index in [1.165, 1.54) is 72.9 Å². The number of anilines is 4. The van der Waals surface area contributed by atoms with Crippen LogP contribution >= 0.6 is 34.7 Å². The van der Waals surface area contributed by atoms with E-state index in [0.717, 1.165) is 124 Å². The van der Waals surface area contributed by atoms with E-state index in [9.17, 15) is 8.78 Å². The summed E-state index contributed by atoms with van der Waals surface area (Å²) in [5.41, 5.74) is 2.15. The van der Waals surface area contributed by atoms with Gasteiger partial charge in [-0.3, -0.25) is 9.80 Å². The lowest BCUT2D eigenvalue weighted by Gasteiger charge is -2.41.